The first-order valence-electron chi connectivity index (χ1n) is 7.11. The van der Waals surface area contributed by atoms with Crippen LogP contribution in [0, 0.1) is 0 Å². The summed E-state index contributed by atoms with van der Waals surface area (Å²) in [5, 5.41) is 0. The first kappa shape index (κ1) is 13.2. The van der Waals surface area contributed by atoms with Gasteiger partial charge in [-0.1, -0.05) is 12.1 Å². The standard InChI is InChI=1S/C16H21N3O/c17-15-4-1-3-14(11-15)12-18-6-8-19(9-7-18)13-16-5-2-10-20-16/h1-5,10-11H,6-9,12-13,17H2. The molecule has 4 heteroatoms. The van der Waals surface area contributed by atoms with Crippen LogP contribution in [-0.2, 0) is 13.1 Å². The molecule has 0 amide bonds. The van der Waals surface area contributed by atoms with Gasteiger partial charge < -0.3 is 10.2 Å². The average molecular weight is 271 g/mol. The van der Waals surface area contributed by atoms with Crippen LogP contribution < -0.4 is 5.73 Å². The largest absolute Gasteiger partial charge is 0.468 e. The maximum atomic E-state index is 5.82. The van der Waals surface area contributed by atoms with Gasteiger partial charge >= 0.3 is 0 Å². The second kappa shape index (κ2) is 6.11. The molecule has 2 heterocycles. The lowest BCUT2D eigenvalue weighted by atomic mass is 10.1. The number of furan rings is 1. The summed E-state index contributed by atoms with van der Waals surface area (Å²) in [7, 11) is 0. The summed E-state index contributed by atoms with van der Waals surface area (Å²) in [5.41, 5.74) is 7.97. The SMILES string of the molecule is Nc1cccc(CN2CCN(Cc3ccco3)CC2)c1. The van der Waals surface area contributed by atoms with Gasteiger partial charge in [-0.15, -0.1) is 0 Å². The van der Waals surface area contributed by atoms with Crippen LogP contribution in [0.15, 0.2) is 47.1 Å². The van der Waals surface area contributed by atoms with Gasteiger partial charge in [-0.05, 0) is 29.8 Å². The summed E-state index contributed by atoms with van der Waals surface area (Å²) >= 11 is 0. The third-order valence-electron chi connectivity index (χ3n) is 3.78. The Morgan fingerprint density at radius 3 is 2.35 bits per heavy atom. The maximum Gasteiger partial charge on any atom is 0.117 e. The number of rotatable bonds is 4. The Kier molecular flexibility index (Phi) is 4.04. The molecule has 1 aliphatic rings. The molecule has 0 spiro atoms. The molecule has 2 aromatic rings. The molecule has 0 unspecified atom stereocenters. The Bertz CT molecular complexity index is 530. The average Bonchev–Trinajstić information content (AvgIpc) is 2.94. The number of anilines is 1. The fraction of sp³-hybridized carbons (Fsp3) is 0.375. The van der Waals surface area contributed by atoms with E-state index in [-0.39, 0.29) is 0 Å². The maximum absolute atomic E-state index is 5.82. The normalized spacial score (nSPS) is 17.4. The molecular formula is C16H21N3O. The number of nitrogen functional groups attached to an aromatic ring is 1. The highest BCUT2D eigenvalue weighted by atomic mass is 16.3. The minimum Gasteiger partial charge on any atom is -0.468 e. The van der Waals surface area contributed by atoms with E-state index in [4.69, 9.17) is 10.2 Å². The first-order chi connectivity index (χ1) is 9.79. The smallest absolute Gasteiger partial charge is 0.117 e. The van der Waals surface area contributed by atoms with Crippen molar-refractivity contribution in [3.63, 3.8) is 0 Å². The number of piperazine rings is 1. The molecule has 0 aliphatic carbocycles. The van der Waals surface area contributed by atoms with E-state index in [1.54, 1.807) is 6.26 Å². The predicted octanol–water partition coefficient (Wildman–Crippen LogP) is 2.18. The van der Waals surface area contributed by atoms with Gasteiger partial charge in [0.15, 0.2) is 0 Å². The zero-order valence-corrected chi connectivity index (χ0v) is 11.7. The van der Waals surface area contributed by atoms with Crippen molar-refractivity contribution in [2.75, 3.05) is 31.9 Å². The molecule has 0 bridgehead atoms. The molecular weight excluding hydrogens is 250 g/mol. The summed E-state index contributed by atoms with van der Waals surface area (Å²) < 4.78 is 5.40. The van der Waals surface area contributed by atoms with E-state index in [9.17, 15) is 0 Å². The van der Waals surface area contributed by atoms with Crippen molar-refractivity contribution in [2.45, 2.75) is 13.1 Å². The van der Waals surface area contributed by atoms with Crippen molar-refractivity contribution in [1.82, 2.24) is 9.80 Å². The molecule has 20 heavy (non-hydrogen) atoms. The van der Waals surface area contributed by atoms with Crippen molar-refractivity contribution < 1.29 is 4.42 Å². The van der Waals surface area contributed by atoms with Gasteiger partial charge in [0, 0.05) is 38.4 Å². The van der Waals surface area contributed by atoms with Gasteiger partial charge in [0.25, 0.3) is 0 Å². The molecule has 2 N–H and O–H groups in total. The summed E-state index contributed by atoms with van der Waals surface area (Å²) in [6.45, 7) is 6.26. The van der Waals surface area contributed by atoms with Crippen molar-refractivity contribution >= 4 is 5.69 Å². The van der Waals surface area contributed by atoms with Crippen LogP contribution in [0.4, 0.5) is 5.69 Å². The van der Waals surface area contributed by atoms with Gasteiger partial charge in [-0.2, -0.15) is 0 Å². The lowest BCUT2D eigenvalue weighted by molar-refractivity contribution is 0.116. The molecule has 4 nitrogen and oxygen atoms in total. The molecule has 0 atom stereocenters. The minimum atomic E-state index is 0.846. The van der Waals surface area contributed by atoms with E-state index >= 15 is 0 Å². The Morgan fingerprint density at radius 1 is 0.950 bits per heavy atom. The molecule has 1 fully saturated rings. The summed E-state index contributed by atoms with van der Waals surface area (Å²) in [6, 6.07) is 12.2. The fourth-order valence-electron chi connectivity index (χ4n) is 2.68. The molecule has 0 saturated carbocycles. The van der Waals surface area contributed by atoms with Crippen molar-refractivity contribution in [1.29, 1.82) is 0 Å². The van der Waals surface area contributed by atoms with E-state index in [0.717, 1.165) is 50.7 Å². The Morgan fingerprint density at radius 2 is 1.70 bits per heavy atom. The van der Waals surface area contributed by atoms with E-state index in [2.05, 4.69) is 21.9 Å². The summed E-state index contributed by atoms with van der Waals surface area (Å²) in [4.78, 5) is 4.92. The van der Waals surface area contributed by atoms with Gasteiger partial charge in [-0.25, -0.2) is 0 Å². The highest BCUT2D eigenvalue weighted by Crippen LogP contribution is 2.13. The molecule has 3 rings (SSSR count). The predicted molar refractivity (Wildman–Crippen MR) is 80.1 cm³/mol. The third kappa shape index (κ3) is 3.40. The fourth-order valence-corrected chi connectivity index (χ4v) is 2.68. The summed E-state index contributed by atoms with van der Waals surface area (Å²) in [5.74, 6) is 1.05. The topological polar surface area (TPSA) is 45.6 Å². The van der Waals surface area contributed by atoms with Gasteiger partial charge in [0.1, 0.15) is 5.76 Å². The number of benzene rings is 1. The van der Waals surface area contributed by atoms with Crippen molar-refractivity contribution in [2.24, 2.45) is 0 Å². The van der Waals surface area contributed by atoms with Crippen LogP contribution in [-0.4, -0.2) is 36.0 Å². The molecule has 1 saturated heterocycles. The van der Waals surface area contributed by atoms with Gasteiger partial charge in [0.2, 0.25) is 0 Å². The Balaban J connectivity index is 1.48. The van der Waals surface area contributed by atoms with Crippen molar-refractivity contribution in [3.05, 3.63) is 54.0 Å². The van der Waals surface area contributed by atoms with Crippen LogP contribution in [0.2, 0.25) is 0 Å². The Labute approximate surface area is 119 Å². The summed E-state index contributed by atoms with van der Waals surface area (Å²) in [6.07, 6.45) is 1.74. The molecule has 0 radical (unpaired) electrons. The van der Waals surface area contributed by atoms with Crippen molar-refractivity contribution in [3.8, 4) is 0 Å². The number of hydrogen-bond acceptors (Lipinski definition) is 4. The molecule has 1 aromatic carbocycles. The second-order valence-electron chi connectivity index (χ2n) is 5.38. The molecule has 106 valence electrons. The number of hydrogen-bond donors (Lipinski definition) is 1. The lowest BCUT2D eigenvalue weighted by Gasteiger charge is -2.34. The lowest BCUT2D eigenvalue weighted by Crippen LogP contribution is -2.45. The van der Waals surface area contributed by atoms with Crippen LogP contribution >= 0.6 is 0 Å². The van der Waals surface area contributed by atoms with E-state index < -0.39 is 0 Å². The third-order valence-corrected chi connectivity index (χ3v) is 3.78. The number of nitrogens with zero attached hydrogens (tertiary/aromatic N) is 2. The van der Waals surface area contributed by atoms with Crippen LogP contribution in [0.1, 0.15) is 11.3 Å². The molecule has 1 aliphatic heterocycles. The monoisotopic (exact) mass is 271 g/mol. The number of nitrogens with two attached hydrogens (primary N) is 1. The Hall–Kier alpha value is -1.78. The van der Waals surface area contributed by atoms with E-state index in [1.807, 2.05) is 24.3 Å². The van der Waals surface area contributed by atoms with Crippen LogP contribution in [0.25, 0.3) is 0 Å². The minimum absolute atomic E-state index is 0.846. The first-order valence-corrected chi connectivity index (χ1v) is 7.11. The zero-order valence-electron chi connectivity index (χ0n) is 11.7. The van der Waals surface area contributed by atoms with E-state index in [1.165, 1.54) is 5.56 Å². The zero-order chi connectivity index (χ0) is 13.8. The van der Waals surface area contributed by atoms with Crippen LogP contribution in [0.3, 0.4) is 0 Å². The van der Waals surface area contributed by atoms with Gasteiger partial charge in [0.05, 0.1) is 12.8 Å². The van der Waals surface area contributed by atoms with Gasteiger partial charge in [-0.3, -0.25) is 9.80 Å². The second-order valence-corrected chi connectivity index (χ2v) is 5.38. The van der Waals surface area contributed by atoms with Crippen LogP contribution in [0.5, 0.6) is 0 Å². The highest BCUT2D eigenvalue weighted by Gasteiger charge is 2.17. The van der Waals surface area contributed by atoms with E-state index in [0.29, 0.717) is 0 Å². The highest BCUT2D eigenvalue weighted by molar-refractivity contribution is 5.40. The quantitative estimate of drug-likeness (QED) is 0.866. The molecule has 1 aromatic heterocycles.